The number of carbonyl (C=O) groups is 1. The van der Waals surface area contributed by atoms with Crippen molar-refractivity contribution in [2.45, 2.75) is 19.8 Å². The number of hydrogen-bond donors (Lipinski definition) is 1. The van der Waals surface area contributed by atoms with Gasteiger partial charge in [0.1, 0.15) is 11.3 Å². The van der Waals surface area contributed by atoms with Crippen molar-refractivity contribution in [2.75, 3.05) is 0 Å². The summed E-state index contributed by atoms with van der Waals surface area (Å²) < 4.78 is 5.88. The molecule has 0 atom stereocenters. The van der Waals surface area contributed by atoms with E-state index in [1.165, 1.54) is 0 Å². The summed E-state index contributed by atoms with van der Waals surface area (Å²) in [5.41, 5.74) is 4.20. The molecule has 1 N–H and O–H groups in total. The fourth-order valence-electron chi connectivity index (χ4n) is 3.44. The molecule has 0 aliphatic heterocycles. The third kappa shape index (κ3) is 3.36. The molecular weight excluding hydrogens is 336 g/mol. The maximum absolute atomic E-state index is 12.7. The number of furan rings is 1. The van der Waals surface area contributed by atoms with Gasteiger partial charge in [-0.05, 0) is 42.2 Å². The zero-order valence-corrected chi connectivity index (χ0v) is 15.1. The van der Waals surface area contributed by atoms with Gasteiger partial charge in [0.05, 0.1) is 5.39 Å². The monoisotopic (exact) mass is 356 g/mol. The minimum Gasteiger partial charge on any atom is -0.507 e. The van der Waals surface area contributed by atoms with Gasteiger partial charge in [-0.2, -0.15) is 0 Å². The molecule has 0 saturated carbocycles. The van der Waals surface area contributed by atoms with Crippen LogP contribution in [0.5, 0.6) is 5.75 Å². The normalized spacial score (nSPS) is 11.0. The molecule has 0 spiro atoms. The van der Waals surface area contributed by atoms with Crippen LogP contribution in [0.15, 0.2) is 77.2 Å². The highest BCUT2D eigenvalue weighted by molar-refractivity contribution is 6.02. The molecule has 1 aromatic heterocycles. The van der Waals surface area contributed by atoms with Gasteiger partial charge in [0.2, 0.25) is 0 Å². The summed E-state index contributed by atoms with van der Waals surface area (Å²) in [4.78, 5) is 12.7. The molecule has 3 aromatic carbocycles. The average molecular weight is 356 g/mol. The molecule has 3 heteroatoms. The number of rotatable bonds is 5. The highest BCUT2D eigenvalue weighted by atomic mass is 16.3. The van der Waals surface area contributed by atoms with E-state index in [4.69, 9.17) is 4.42 Å². The molecule has 3 nitrogen and oxygen atoms in total. The van der Waals surface area contributed by atoms with E-state index in [-0.39, 0.29) is 11.5 Å². The van der Waals surface area contributed by atoms with Crippen molar-refractivity contribution < 1.29 is 14.3 Å². The van der Waals surface area contributed by atoms with Crippen LogP contribution in [0.3, 0.4) is 0 Å². The topological polar surface area (TPSA) is 50.4 Å². The number of aryl methyl sites for hydroxylation is 2. The van der Waals surface area contributed by atoms with E-state index in [1.54, 1.807) is 6.07 Å². The van der Waals surface area contributed by atoms with Crippen LogP contribution in [-0.4, -0.2) is 10.9 Å². The molecule has 0 aliphatic rings. The molecule has 0 aliphatic carbocycles. The Morgan fingerprint density at radius 3 is 2.30 bits per heavy atom. The van der Waals surface area contributed by atoms with Gasteiger partial charge in [-0.3, -0.25) is 4.79 Å². The van der Waals surface area contributed by atoms with E-state index in [9.17, 15) is 9.90 Å². The van der Waals surface area contributed by atoms with Crippen LogP contribution in [0, 0.1) is 6.92 Å². The predicted octanol–water partition coefficient (Wildman–Crippen LogP) is 5.93. The molecule has 0 radical (unpaired) electrons. The van der Waals surface area contributed by atoms with Crippen LogP contribution < -0.4 is 0 Å². The van der Waals surface area contributed by atoms with Gasteiger partial charge in [0, 0.05) is 12.0 Å². The van der Waals surface area contributed by atoms with Gasteiger partial charge in [0.25, 0.3) is 0 Å². The molecule has 27 heavy (non-hydrogen) atoms. The molecular formula is C24H20O3. The van der Waals surface area contributed by atoms with E-state index >= 15 is 0 Å². The van der Waals surface area contributed by atoms with E-state index in [1.807, 2.05) is 73.7 Å². The zero-order valence-electron chi connectivity index (χ0n) is 15.1. The molecule has 4 aromatic rings. The number of hydrogen-bond acceptors (Lipinski definition) is 3. The van der Waals surface area contributed by atoms with Crippen LogP contribution in [0.25, 0.3) is 22.1 Å². The SMILES string of the molecule is Cc1c(C(=O)CCc2ccccc2)oc2cc(-c3ccccc3)cc(O)c12. The third-order valence-electron chi connectivity index (χ3n) is 4.85. The third-order valence-corrected chi connectivity index (χ3v) is 4.85. The molecule has 4 rings (SSSR count). The van der Waals surface area contributed by atoms with Crippen molar-refractivity contribution in [1.82, 2.24) is 0 Å². The number of Topliss-reactive ketones (excluding diaryl/α,β-unsaturated/α-hetero) is 1. The number of phenols is 1. The van der Waals surface area contributed by atoms with Gasteiger partial charge in [0.15, 0.2) is 11.5 Å². The fourth-order valence-corrected chi connectivity index (χ4v) is 3.44. The number of benzene rings is 3. The van der Waals surface area contributed by atoms with Gasteiger partial charge in [-0.15, -0.1) is 0 Å². The van der Waals surface area contributed by atoms with Crippen LogP contribution >= 0.6 is 0 Å². The van der Waals surface area contributed by atoms with Gasteiger partial charge in [-0.25, -0.2) is 0 Å². The molecule has 0 saturated heterocycles. The number of fused-ring (bicyclic) bond motifs is 1. The lowest BCUT2D eigenvalue weighted by molar-refractivity contribution is 0.0957. The van der Waals surface area contributed by atoms with Gasteiger partial charge < -0.3 is 9.52 Å². The molecule has 1 heterocycles. The Bertz CT molecular complexity index is 1090. The second-order valence-electron chi connectivity index (χ2n) is 6.70. The molecule has 134 valence electrons. The standard InChI is InChI=1S/C24H20O3/c1-16-23-21(26)14-19(18-10-6-3-7-11-18)15-22(23)27-24(16)20(25)13-12-17-8-4-2-5-9-17/h2-11,14-15,26H,12-13H2,1H3. The second-order valence-corrected chi connectivity index (χ2v) is 6.70. The summed E-state index contributed by atoms with van der Waals surface area (Å²) in [6.07, 6.45) is 1.04. The predicted molar refractivity (Wildman–Crippen MR) is 107 cm³/mol. The Balaban J connectivity index is 1.67. The highest BCUT2D eigenvalue weighted by Gasteiger charge is 2.20. The second kappa shape index (κ2) is 7.12. The van der Waals surface area contributed by atoms with Crippen molar-refractivity contribution in [3.63, 3.8) is 0 Å². The lowest BCUT2D eigenvalue weighted by Gasteiger charge is -2.03. The molecule has 0 fully saturated rings. The van der Waals surface area contributed by atoms with E-state index in [0.29, 0.717) is 35.1 Å². The quantitative estimate of drug-likeness (QED) is 0.451. The van der Waals surface area contributed by atoms with Gasteiger partial charge in [-0.1, -0.05) is 60.7 Å². The Hall–Kier alpha value is -3.33. The lowest BCUT2D eigenvalue weighted by Crippen LogP contribution is -2.01. The summed E-state index contributed by atoms with van der Waals surface area (Å²) in [7, 11) is 0. The minimum atomic E-state index is -0.0479. The van der Waals surface area contributed by atoms with E-state index in [0.717, 1.165) is 16.7 Å². The Morgan fingerprint density at radius 1 is 0.926 bits per heavy atom. The number of phenolic OH excluding ortho intramolecular Hbond substituents is 1. The van der Waals surface area contributed by atoms with E-state index < -0.39 is 0 Å². The van der Waals surface area contributed by atoms with Crippen LogP contribution in [0.2, 0.25) is 0 Å². The molecule has 0 unspecified atom stereocenters. The summed E-state index contributed by atoms with van der Waals surface area (Å²) >= 11 is 0. The summed E-state index contributed by atoms with van der Waals surface area (Å²) in [6, 6.07) is 23.3. The highest BCUT2D eigenvalue weighted by Crippen LogP contribution is 2.37. The Labute approximate surface area is 157 Å². The molecule has 0 amide bonds. The van der Waals surface area contributed by atoms with Crippen LogP contribution in [0.1, 0.15) is 28.1 Å². The number of aromatic hydroxyl groups is 1. The van der Waals surface area contributed by atoms with E-state index in [2.05, 4.69) is 0 Å². The van der Waals surface area contributed by atoms with Gasteiger partial charge >= 0.3 is 0 Å². The van der Waals surface area contributed by atoms with Crippen LogP contribution in [-0.2, 0) is 6.42 Å². The van der Waals surface area contributed by atoms with Crippen molar-refractivity contribution in [2.24, 2.45) is 0 Å². The maximum Gasteiger partial charge on any atom is 0.198 e. The Morgan fingerprint density at radius 2 is 1.59 bits per heavy atom. The average Bonchev–Trinajstić information content (AvgIpc) is 3.04. The first-order valence-corrected chi connectivity index (χ1v) is 9.02. The number of ketones is 1. The smallest absolute Gasteiger partial charge is 0.198 e. The summed E-state index contributed by atoms with van der Waals surface area (Å²) in [5, 5.41) is 11.1. The van der Waals surface area contributed by atoms with Crippen LogP contribution in [0.4, 0.5) is 0 Å². The largest absolute Gasteiger partial charge is 0.507 e. The van der Waals surface area contributed by atoms with Crippen molar-refractivity contribution in [3.8, 4) is 16.9 Å². The Kier molecular flexibility index (Phi) is 4.51. The van der Waals surface area contributed by atoms with Crippen molar-refractivity contribution in [3.05, 3.63) is 89.7 Å². The zero-order chi connectivity index (χ0) is 18.8. The van der Waals surface area contributed by atoms with Crippen molar-refractivity contribution in [1.29, 1.82) is 0 Å². The van der Waals surface area contributed by atoms with Crippen molar-refractivity contribution >= 4 is 16.8 Å². The maximum atomic E-state index is 12.7. The minimum absolute atomic E-state index is 0.0479. The lowest BCUT2D eigenvalue weighted by atomic mass is 10.0. The first-order valence-electron chi connectivity index (χ1n) is 9.02. The summed E-state index contributed by atoms with van der Waals surface area (Å²) in [5.74, 6) is 0.421. The first kappa shape index (κ1) is 17.1. The number of carbonyl (C=O) groups excluding carboxylic acids is 1. The summed E-state index contributed by atoms with van der Waals surface area (Å²) in [6.45, 7) is 1.82. The molecule has 0 bridgehead atoms. The fraction of sp³-hybridized carbons (Fsp3) is 0.125. The first-order chi connectivity index (χ1) is 13.1.